The van der Waals surface area contributed by atoms with Crippen LogP contribution in [0.2, 0.25) is 0 Å². The monoisotopic (exact) mass is 237 g/mol. The fourth-order valence-corrected chi connectivity index (χ4v) is 1.89. The Morgan fingerprint density at radius 1 is 0.833 bits per heavy atom. The number of hydrogen-bond acceptors (Lipinski definition) is 4. The molecule has 3 aromatic rings. The molecule has 18 heavy (non-hydrogen) atoms. The molecule has 4 heteroatoms. The zero-order valence-corrected chi connectivity index (χ0v) is 9.54. The second kappa shape index (κ2) is 4.00. The number of phenolic OH excluding ortho intramolecular Hbond substituents is 1. The molecule has 4 nitrogen and oxygen atoms in total. The summed E-state index contributed by atoms with van der Waals surface area (Å²) in [6, 6.07) is 14.4. The number of aromatic hydroxyl groups is 1. The Morgan fingerprint density at radius 2 is 1.44 bits per heavy atom. The first-order chi connectivity index (χ1) is 8.75. The Balaban J connectivity index is 2.30. The third kappa shape index (κ3) is 1.64. The van der Waals surface area contributed by atoms with E-state index in [0.29, 0.717) is 17.1 Å². The topological polar surface area (TPSA) is 72.0 Å². The van der Waals surface area contributed by atoms with Crippen molar-refractivity contribution in [1.82, 2.24) is 9.97 Å². The highest BCUT2D eigenvalue weighted by Crippen LogP contribution is 2.31. The molecule has 0 aliphatic rings. The highest BCUT2D eigenvalue weighted by Gasteiger charge is 2.11. The first-order valence-corrected chi connectivity index (χ1v) is 5.56. The van der Waals surface area contributed by atoms with Gasteiger partial charge in [-0.1, -0.05) is 24.3 Å². The van der Waals surface area contributed by atoms with E-state index in [1.165, 1.54) is 0 Å². The lowest BCUT2D eigenvalue weighted by Gasteiger charge is -2.07. The van der Waals surface area contributed by atoms with Crippen molar-refractivity contribution in [3.8, 4) is 17.0 Å². The summed E-state index contributed by atoms with van der Waals surface area (Å²) in [5, 5.41) is 9.84. The van der Waals surface area contributed by atoms with Gasteiger partial charge in [0, 0.05) is 5.56 Å². The summed E-state index contributed by atoms with van der Waals surface area (Å²) >= 11 is 0. The minimum Gasteiger partial charge on any atom is -0.507 e. The number of para-hydroxylation sites is 3. The molecule has 0 spiro atoms. The third-order valence-electron chi connectivity index (χ3n) is 2.76. The molecular weight excluding hydrogens is 226 g/mol. The van der Waals surface area contributed by atoms with Crippen molar-refractivity contribution >= 4 is 16.9 Å². The lowest BCUT2D eigenvalue weighted by atomic mass is 10.1. The molecule has 0 unspecified atom stereocenters. The van der Waals surface area contributed by atoms with Gasteiger partial charge in [-0.2, -0.15) is 0 Å². The van der Waals surface area contributed by atoms with Crippen molar-refractivity contribution in [2.24, 2.45) is 0 Å². The Kier molecular flexibility index (Phi) is 2.34. The molecular formula is C14H11N3O. The van der Waals surface area contributed by atoms with Gasteiger partial charge in [-0.15, -0.1) is 0 Å². The van der Waals surface area contributed by atoms with Crippen molar-refractivity contribution in [2.75, 3.05) is 5.73 Å². The van der Waals surface area contributed by atoms with Gasteiger partial charge in [-0.25, -0.2) is 9.97 Å². The van der Waals surface area contributed by atoms with Crippen LogP contribution in [0.25, 0.3) is 22.3 Å². The van der Waals surface area contributed by atoms with Crippen LogP contribution >= 0.6 is 0 Å². The maximum Gasteiger partial charge on any atom is 0.150 e. The predicted octanol–water partition coefficient (Wildman–Crippen LogP) is 2.58. The van der Waals surface area contributed by atoms with Crippen LogP contribution in [0.15, 0.2) is 48.5 Å². The van der Waals surface area contributed by atoms with Crippen molar-refractivity contribution in [3.63, 3.8) is 0 Å². The van der Waals surface area contributed by atoms with Gasteiger partial charge in [0.25, 0.3) is 0 Å². The number of rotatable bonds is 1. The van der Waals surface area contributed by atoms with E-state index < -0.39 is 0 Å². The van der Waals surface area contributed by atoms with Crippen molar-refractivity contribution in [3.05, 3.63) is 48.5 Å². The highest BCUT2D eigenvalue weighted by atomic mass is 16.3. The normalized spacial score (nSPS) is 10.7. The van der Waals surface area contributed by atoms with Gasteiger partial charge in [0.15, 0.2) is 5.82 Å². The van der Waals surface area contributed by atoms with E-state index in [9.17, 15) is 5.11 Å². The second-order valence-electron chi connectivity index (χ2n) is 3.96. The number of anilines is 1. The predicted molar refractivity (Wildman–Crippen MR) is 71.1 cm³/mol. The number of fused-ring (bicyclic) bond motifs is 1. The quantitative estimate of drug-likeness (QED) is 0.682. The molecule has 0 fully saturated rings. The summed E-state index contributed by atoms with van der Waals surface area (Å²) in [6.45, 7) is 0. The Bertz CT molecular complexity index is 725. The maximum atomic E-state index is 9.84. The fraction of sp³-hybridized carbons (Fsp3) is 0. The highest BCUT2D eigenvalue weighted by molar-refractivity contribution is 5.83. The van der Waals surface area contributed by atoms with Crippen molar-refractivity contribution in [1.29, 1.82) is 0 Å². The first-order valence-electron chi connectivity index (χ1n) is 5.56. The van der Waals surface area contributed by atoms with Crippen LogP contribution in [0.1, 0.15) is 0 Å². The van der Waals surface area contributed by atoms with Crippen LogP contribution in [-0.4, -0.2) is 15.1 Å². The van der Waals surface area contributed by atoms with E-state index in [4.69, 9.17) is 5.73 Å². The maximum absolute atomic E-state index is 9.84. The number of nitrogens with two attached hydrogens (primary N) is 1. The van der Waals surface area contributed by atoms with E-state index in [1.54, 1.807) is 18.2 Å². The van der Waals surface area contributed by atoms with Crippen molar-refractivity contribution in [2.45, 2.75) is 0 Å². The van der Waals surface area contributed by atoms with Gasteiger partial charge in [0.1, 0.15) is 11.4 Å². The first kappa shape index (κ1) is 10.5. The molecule has 0 amide bonds. The molecule has 0 aliphatic heterocycles. The van der Waals surface area contributed by atoms with Gasteiger partial charge < -0.3 is 10.8 Å². The van der Waals surface area contributed by atoms with E-state index in [1.807, 2.05) is 30.3 Å². The molecule has 88 valence electrons. The zero-order chi connectivity index (χ0) is 12.5. The molecule has 0 radical (unpaired) electrons. The van der Waals surface area contributed by atoms with E-state index in [-0.39, 0.29) is 5.75 Å². The fourth-order valence-electron chi connectivity index (χ4n) is 1.89. The van der Waals surface area contributed by atoms with Crippen molar-refractivity contribution < 1.29 is 5.11 Å². The minimum atomic E-state index is 0.147. The standard InChI is InChI=1S/C14H11N3O/c15-14-13(9-5-1-4-8-12(9)18)16-10-6-2-3-7-11(10)17-14/h1-8,18H,(H2,15,17). The lowest BCUT2D eigenvalue weighted by Crippen LogP contribution is -1.98. The Labute approximate surface area is 104 Å². The minimum absolute atomic E-state index is 0.147. The average Bonchev–Trinajstić information content (AvgIpc) is 2.39. The van der Waals surface area contributed by atoms with Crippen LogP contribution in [0.4, 0.5) is 5.82 Å². The summed E-state index contributed by atoms with van der Waals surface area (Å²) in [7, 11) is 0. The van der Waals surface area contributed by atoms with Crippen LogP contribution < -0.4 is 5.73 Å². The third-order valence-corrected chi connectivity index (χ3v) is 2.76. The lowest BCUT2D eigenvalue weighted by molar-refractivity contribution is 0.477. The molecule has 0 bridgehead atoms. The number of hydrogen-bond donors (Lipinski definition) is 2. The number of nitrogen functional groups attached to an aromatic ring is 1. The van der Waals surface area contributed by atoms with Crippen LogP contribution in [0, 0.1) is 0 Å². The van der Waals surface area contributed by atoms with Crippen LogP contribution in [0.5, 0.6) is 5.75 Å². The Hall–Kier alpha value is -2.62. The molecule has 3 rings (SSSR count). The van der Waals surface area contributed by atoms with E-state index in [0.717, 1.165) is 11.0 Å². The smallest absolute Gasteiger partial charge is 0.150 e. The number of nitrogens with zero attached hydrogens (tertiary/aromatic N) is 2. The molecule has 1 heterocycles. The molecule has 0 saturated heterocycles. The zero-order valence-electron chi connectivity index (χ0n) is 9.54. The summed E-state index contributed by atoms with van der Waals surface area (Å²) in [5.74, 6) is 0.462. The second-order valence-corrected chi connectivity index (χ2v) is 3.96. The average molecular weight is 237 g/mol. The molecule has 1 aromatic heterocycles. The van der Waals surface area contributed by atoms with Gasteiger partial charge >= 0.3 is 0 Å². The summed E-state index contributed by atoms with van der Waals surface area (Å²) in [6.07, 6.45) is 0. The van der Waals surface area contributed by atoms with Gasteiger partial charge in [-0.05, 0) is 24.3 Å². The summed E-state index contributed by atoms with van der Waals surface area (Å²) in [4.78, 5) is 8.76. The summed E-state index contributed by atoms with van der Waals surface area (Å²) in [5.41, 5.74) is 8.50. The molecule has 2 aromatic carbocycles. The van der Waals surface area contributed by atoms with Gasteiger partial charge in [-0.3, -0.25) is 0 Å². The van der Waals surface area contributed by atoms with E-state index >= 15 is 0 Å². The molecule has 0 aliphatic carbocycles. The molecule has 3 N–H and O–H groups in total. The van der Waals surface area contributed by atoms with Gasteiger partial charge in [0.05, 0.1) is 11.0 Å². The number of aromatic nitrogens is 2. The number of benzene rings is 2. The molecule has 0 saturated carbocycles. The van der Waals surface area contributed by atoms with Gasteiger partial charge in [0.2, 0.25) is 0 Å². The Morgan fingerprint density at radius 3 is 2.17 bits per heavy atom. The number of phenols is 1. The molecule has 0 atom stereocenters. The summed E-state index contributed by atoms with van der Waals surface area (Å²) < 4.78 is 0. The largest absolute Gasteiger partial charge is 0.507 e. The SMILES string of the molecule is Nc1nc2ccccc2nc1-c1ccccc1O. The van der Waals surface area contributed by atoms with Crippen LogP contribution in [0.3, 0.4) is 0 Å². The van der Waals surface area contributed by atoms with Crippen LogP contribution in [-0.2, 0) is 0 Å². The van der Waals surface area contributed by atoms with E-state index in [2.05, 4.69) is 9.97 Å².